The Kier molecular flexibility index (Phi) is 27.2. The van der Waals surface area contributed by atoms with Crippen molar-refractivity contribution in [3.8, 4) is 0 Å². The van der Waals surface area contributed by atoms with Gasteiger partial charge in [-0.15, -0.1) is 0 Å². The van der Waals surface area contributed by atoms with Gasteiger partial charge in [0.1, 0.15) is 36.6 Å². The average molecular weight is 1040 g/mol. The first kappa shape index (κ1) is 61.7. The lowest BCUT2D eigenvalue weighted by Gasteiger charge is -2.40. The van der Waals surface area contributed by atoms with Crippen molar-refractivity contribution in [2.24, 2.45) is 5.92 Å². The van der Waals surface area contributed by atoms with Gasteiger partial charge in [0.05, 0.1) is 64.2 Å². The lowest BCUT2D eigenvalue weighted by Crippen LogP contribution is -2.59. The maximum Gasteiger partial charge on any atom is 0.328 e. The molecule has 1 saturated heterocycles. The first-order chi connectivity index (χ1) is 32.2. The van der Waals surface area contributed by atoms with Crippen LogP contribution in [0.15, 0.2) is 12.2 Å². The molecule has 10 unspecified atom stereocenters. The topological polar surface area (TPSA) is 465 Å². The zero-order valence-corrected chi connectivity index (χ0v) is 39.4. The first-order valence-electron chi connectivity index (χ1n) is 21.7. The highest BCUT2D eigenvalue weighted by molar-refractivity contribution is 7.52. The van der Waals surface area contributed by atoms with Gasteiger partial charge in [-0.05, 0) is 31.6 Å². The molecule has 2 heterocycles. The molecule has 2 rings (SSSR count). The number of carboxylic acids is 1. The number of nitrogens with one attached hydrogen (secondary N) is 3. The minimum atomic E-state index is -4.61. The van der Waals surface area contributed by atoms with Gasteiger partial charge in [0.25, 0.3) is 11.8 Å². The van der Waals surface area contributed by atoms with E-state index in [9.17, 15) is 88.5 Å². The second-order valence-corrected chi connectivity index (χ2v) is 19.7. The number of rotatable bonds is 35. The van der Waals surface area contributed by atoms with E-state index in [-0.39, 0.29) is 70.1 Å². The van der Waals surface area contributed by atoms with E-state index in [1.165, 1.54) is 19.1 Å². The number of aliphatic carboxylic acids is 1. The summed E-state index contributed by atoms with van der Waals surface area (Å²) in [5, 5.41) is 89.5. The molecular formula is C38H66N4O25P2. The Balaban J connectivity index is 1.94. The van der Waals surface area contributed by atoms with Crippen LogP contribution in [-0.2, 0) is 61.6 Å². The number of hydrogen-bond acceptors (Lipinski definition) is 20. The van der Waals surface area contributed by atoms with Gasteiger partial charge in [-0.2, -0.15) is 0 Å². The van der Waals surface area contributed by atoms with Gasteiger partial charge in [0, 0.05) is 38.1 Å². The molecule has 69 heavy (non-hydrogen) atoms. The van der Waals surface area contributed by atoms with Crippen LogP contribution in [0.4, 0.5) is 0 Å². The highest BCUT2D eigenvalue weighted by atomic mass is 31.2. The van der Waals surface area contributed by atoms with Gasteiger partial charge < -0.3 is 100 Å². The number of carbonyl (C=O) groups is 6. The number of carboxylic acid groups (broad SMARTS) is 1. The number of aliphatic hydroxyl groups excluding tert-OH is 7. The van der Waals surface area contributed by atoms with Crippen LogP contribution < -0.4 is 16.0 Å². The van der Waals surface area contributed by atoms with Crippen molar-refractivity contribution in [3.05, 3.63) is 12.2 Å². The predicted molar refractivity (Wildman–Crippen MR) is 230 cm³/mol. The Hall–Kier alpha value is -3.42. The molecule has 0 aromatic rings. The van der Waals surface area contributed by atoms with Crippen molar-refractivity contribution in [3.63, 3.8) is 0 Å². The van der Waals surface area contributed by atoms with Crippen LogP contribution in [0.2, 0.25) is 0 Å². The molecule has 0 saturated carbocycles. The molecule has 2 aliphatic heterocycles. The van der Waals surface area contributed by atoms with Crippen molar-refractivity contribution in [1.29, 1.82) is 0 Å². The predicted octanol–water partition coefficient (Wildman–Crippen LogP) is -5.92. The van der Waals surface area contributed by atoms with Crippen LogP contribution in [0.3, 0.4) is 0 Å². The van der Waals surface area contributed by atoms with E-state index in [0.717, 1.165) is 4.90 Å². The molecule has 0 aromatic carbocycles. The van der Waals surface area contributed by atoms with E-state index in [4.69, 9.17) is 33.5 Å². The van der Waals surface area contributed by atoms with E-state index in [0.29, 0.717) is 19.3 Å². The molecule has 0 aliphatic carbocycles. The molecule has 0 spiro atoms. The fourth-order valence-electron chi connectivity index (χ4n) is 6.44. The highest BCUT2D eigenvalue weighted by Crippen LogP contribution is 2.38. The van der Waals surface area contributed by atoms with E-state index in [1.807, 2.05) is 5.32 Å². The zero-order valence-electron chi connectivity index (χ0n) is 37.6. The van der Waals surface area contributed by atoms with Gasteiger partial charge in [-0.1, -0.05) is 13.3 Å². The minimum absolute atomic E-state index is 0.0257. The van der Waals surface area contributed by atoms with Crippen LogP contribution in [0.1, 0.15) is 51.9 Å². The van der Waals surface area contributed by atoms with Crippen molar-refractivity contribution < 1.29 is 122 Å². The Morgan fingerprint density at radius 3 is 1.97 bits per heavy atom. The number of amides is 5. The van der Waals surface area contributed by atoms with Crippen LogP contribution in [0, 0.1) is 5.92 Å². The summed E-state index contributed by atoms with van der Waals surface area (Å²) in [7, 11) is -9.11. The summed E-state index contributed by atoms with van der Waals surface area (Å²) < 4.78 is 49.0. The van der Waals surface area contributed by atoms with E-state index < -0.39 is 145 Å². The van der Waals surface area contributed by atoms with Crippen molar-refractivity contribution in [2.75, 3.05) is 65.1 Å². The summed E-state index contributed by atoms with van der Waals surface area (Å²) in [5.74, 6) is -5.98. The second-order valence-electron chi connectivity index (χ2n) is 16.2. The fourth-order valence-corrected chi connectivity index (χ4v) is 7.78. The molecular weight excluding hydrogens is 974 g/mol. The van der Waals surface area contributed by atoms with E-state index in [2.05, 4.69) is 10.6 Å². The van der Waals surface area contributed by atoms with Gasteiger partial charge in [-0.25, -0.2) is 4.79 Å². The third-order valence-electron chi connectivity index (χ3n) is 10.6. The smallest absolute Gasteiger partial charge is 0.328 e. The molecule has 29 nitrogen and oxygen atoms in total. The summed E-state index contributed by atoms with van der Waals surface area (Å²) in [5.41, 5.74) is 0. The Labute approximate surface area is 395 Å². The minimum Gasteiger partial charge on any atom is -0.480 e. The van der Waals surface area contributed by atoms with Crippen LogP contribution in [0.5, 0.6) is 0 Å². The average Bonchev–Trinajstić information content (AvgIpc) is 3.60. The molecule has 0 aromatic heterocycles. The summed E-state index contributed by atoms with van der Waals surface area (Å²) in [4.78, 5) is 111. The molecule has 0 radical (unpaired) electrons. The van der Waals surface area contributed by atoms with E-state index in [1.54, 1.807) is 0 Å². The van der Waals surface area contributed by atoms with Gasteiger partial charge in [0.2, 0.25) is 17.7 Å². The van der Waals surface area contributed by atoms with Gasteiger partial charge in [0.15, 0.2) is 18.6 Å². The fraction of sp³-hybridized carbons (Fsp3) is 0.789. The normalized spacial score (nSPS) is 22.9. The Bertz CT molecular complexity index is 1770. The standard InChI is InChI=1S/C38H66N4O25P2/c1-21(9-17-68(57,58)59)29(47)31(49)33(51)37(56)65-19-22(35(53)41-23(36(54)55)20-66-38-34(52)32(50)30(48)24(67-38)10-18-69(60,61)62)40-26(44)8-13-63-15-16-64-14-11-39-25(43)5-3-2-4-12-42-27(45)6-7-28(42)46/h6-7,21-24,29-34,37-38,47-52,56H,2-5,8-20H2,1H3,(H,39,43)(H,40,44)(H,41,53)(H,54,55)(H2,57,58,59)(H2,60,61,62)/t21?,22-,23-,24?,29?,30?,31?,32?,33?,34?,37?,38?/m0/s1. The summed E-state index contributed by atoms with van der Waals surface area (Å²) in [6, 6.07) is -3.92. The highest BCUT2D eigenvalue weighted by Gasteiger charge is 2.45. The molecule has 5 amide bonds. The number of aliphatic hydroxyl groups is 7. The third-order valence-corrected chi connectivity index (χ3v) is 12.2. The van der Waals surface area contributed by atoms with Gasteiger partial charge in [-0.3, -0.25) is 38.0 Å². The molecule has 2 aliphatic rings. The van der Waals surface area contributed by atoms with E-state index >= 15 is 0 Å². The lowest BCUT2D eigenvalue weighted by molar-refractivity contribution is -0.297. The van der Waals surface area contributed by atoms with Crippen molar-refractivity contribution in [1.82, 2.24) is 20.9 Å². The summed E-state index contributed by atoms with van der Waals surface area (Å²) in [6.45, 7) is -0.456. The van der Waals surface area contributed by atoms with Crippen LogP contribution >= 0.6 is 15.2 Å². The van der Waals surface area contributed by atoms with Crippen molar-refractivity contribution in [2.45, 2.75) is 119 Å². The summed E-state index contributed by atoms with van der Waals surface area (Å²) in [6.07, 6.45) is -16.4. The van der Waals surface area contributed by atoms with Crippen LogP contribution in [-0.4, -0.2) is 233 Å². The molecule has 1 fully saturated rings. The Morgan fingerprint density at radius 2 is 1.36 bits per heavy atom. The zero-order chi connectivity index (χ0) is 52.1. The first-order valence-corrected chi connectivity index (χ1v) is 25.3. The van der Waals surface area contributed by atoms with Crippen LogP contribution in [0.25, 0.3) is 0 Å². The number of carbonyl (C=O) groups excluding carboxylic acids is 5. The lowest BCUT2D eigenvalue weighted by atomic mass is 9.94. The molecule has 12 atom stereocenters. The second kappa shape index (κ2) is 30.5. The molecule has 0 bridgehead atoms. The largest absolute Gasteiger partial charge is 0.480 e. The third kappa shape index (κ3) is 23.6. The summed E-state index contributed by atoms with van der Waals surface area (Å²) >= 11 is 0. The molecule has 398 valence electrons. The quantitative estimate of drug-likeness (QED) is 0.0122. The SMILES string of the molecule is CC(CCP(=O)(O)O)C(O)C(O)C(O)C(O)OC[C@H](NC(=O)CCOCCOCCNC(=O)CCCCCN1C(=O)C=CC1=O)C(=O)N[C@@H](COC1OC(CCP(=O)(O)O)C(O)C(O)C1O)C(=O)O. The number of hydrogen-bond donors (Lipinski definition) is 15. The number of unbranched alkanes of at least 4 members (excludes halogenated alkanes) is 2. The molecule has 31 heteroatoms. The number of nitrogens with zero attached hydrogens (tertiary/aromatic N) is 1. The number of imide groups is 1. The van der Waals surface area contributed by atoms with Crippen molar-refractivity contribution >= 4 is 50.7 Å². The number of ether oxygens (including phenoxy) is 5. The molecule has 15 N–H and O–H groups in total. The Morgan fingerprint density at radius 1 is 0.739 bits per heavy atom. The maximum absolute atomic E-state index is 13.4. The van der Waals surface area contributed by atoms with Gasteiger partial charge >= 0.3 is 21.2 Å². The maximum atomic E-state index is 13.4. The monoisotopic (exact) mass is 1040 g/mol.